The number of carbonyl (C=O) groups is 2. The van der Waals surface area contributed by atoms with Crippen LogP contribution in [0.2, 0.25) is 0 Å². The summed E-state index contributed by atoms with van der Waals surface area (Å²) in [6, 6.07) is 22.9. The zero-order valence-corrected chi connectivity index (χ0v) is 15.3. The van der Waals surface area contributed by atoms with E-state index in [9.17, 15) is 9.59 Å². The Morgan fingerprint density at radius 3 is 2.21 bits per heavy atom. The van der Waals surface area contributed by atoms with Crippen molar-refractivity contribution >= 4 is 23.2 Å². The number of rotatable bonds is 6. The standard InChI is InChI=1S/C22H21N3O3/c26-21-14-17(15-24(21)16-20-12-7-13-28-20)22(27)23-25(18-8-3-1-4-9-18)19-10-5-2-6-11-19/h1-13,17H,14-16H2,(H,23,27)/t17-/m1/s1. The van der Waals surface area contributed by atoms with Crippen LogP contribution < -0.4 is 10.4 Å². The van der Waals surface area contributed by atoms with Gasteiger partial charge in [-0.15, -0.1) is 0 Å². The maximum Gasteiger partial charge on any atom is 0.244 e. The molecule has 1 fully saturated rings. The fourth-order valence-corrected chi connectivity index (χ4v) is 3.33. The third-order valence-electron chi connectivity index (χ3n) is 4.76. The predicted octanol–water partition coefficient (Wildman–Crippen LogP) is 3.50. The van der Waals surface area contributed by atoms with Crippen LogP contribution in [-0.2, 0) is 16.1 Å². The van der Waals surface area contributed by atoms with Crippen LogP contribution in [0, 0.1) is 5.92 Å². The second kappa shape index (κ2) is 8.00. The van der Waals surface area contributed by atoms with E-state index in [1.54, 1.807) is 22.2 Å². The number of nitrogens with zero attached hydrogens (tertiary/aromatic N) is 2. The molecule has 0 unspecified atom stereocenters. The van der Waals surface area contributed by atoms with E-state index >= 15 is 0 Å². The molecule has 0 radical (unpaired) electrons. The molecule has 1 aliphatic heterocycles. The van der Waals surface area contributed by atoms with Crippen molar-refractivity contribution in [3.63, 3.8) is 0 Å². The summed E-state index contributed by atoms with van der Waals surface area (Å²) in [6.07, 6.45) is 1.78. The number of likely N-dealkylation sites (tertiary alicyclic amines) is 1. The molecule has 0 saturated carbocycles. The van der Waals surface area contributed by atoms with Gasteiger partial charge < -0.3 is 9.32 Å². The fraction of sp³-hybridized carbons (Fsp3) is 0.182. The number of benzene rings is 2. The number of anilines is 2. The average molecular weight is 375 g/mol. The molecule has 2 amide bonds. The summed E-state index contributed by atoms with van der Waals surface area (Å²) >= 11 is 0. The third-order valence-corrected chi connectivity index (χ3v) is 4.76. The molecular weight excluding hydrogens is 354 g/mol. The van der Waals surface area contributed by atoms with Crippen LogP contribution >= 0.6 is 0 Å². The highest BCUT2D eigenvalue weighted by Crippen LogP contribution is 2.25. The average Bonchev–Trinajstić information content (AvgIpc) is 3.38. The monoisotopic (exact) mass is 375 g/mol. The second-order valence-electron chi connectivity index (χ2n) is 6.74. The Morgan fingerprint density at radius 1 is 1.00 bits per heavy atom. The first-order valence-electron chi connectivity index (χ1n) is 9.21. The van der Waals surface area contributed by atoms with Gasteiger partial charge in [-0.1, -0.05) is 36.4 Å². The van der Waals surface area contributed by atoms with Gasteiger partial charge in [-0.05, 0) is 36.4 Å². The Morgan fingerprint density at radius 2 is 1.64 bits per heavy atom. The molecular formula is C22H21N3O3. The van der Waals surface area contributed by atoms with Crippen LogP contribution in [0.1, 0.15) is 12.2 Å². The van der Waals surface area contributed by atoms with E-state index in [1.807, 2.05) is 66.7 Å². The molecule has 3 aromatic rings. The van der Waals surface area contributed by atoms with Crippen LogP contribution in [0.15, 0.2) is 83.5 Å². The van der Waals surface area contributed by atoms with E-state index in [0.29, 0.717) is 18.8 Å². The quantitative estimate of drug-likeness (QED) is 0.670. The van der Waals surface area contributed by atoms with Crippen LogP contribution in [-0.4, -0.2) is 23.3 Å². The maximum atomic E-state index is 12.9. The lowest BCUT2D eigenvalue weighted by Gasteiger charge is -2.26. The van der Waals surface area contributed by atoms with E-state index in [2.05, 4.69) is 5.43 Å². The molecule has 1 aromatic heterocycles. The number of amides is 2. The summed E-state index contributed by atoms with van der Waals surface area (Å²) in [4.78, 5) is 26.9. The van der Waals surface area contributed by atoms with Gasteiger partial charge in [0.2, 0.25) is 11.8 Å². The lowest BCUT2D eigenvalue weighted by Crippen LogP contribution is -2.43. The number of furan rings is 1. The van der Waals surface area contributed by atoms with Gasteiger partial charge in [0.15, 0.2) is 0 Å². The lowest BCUT2D eigenvalue weighted by molar-refractivity contribution is -0.129. The van der Waals surface area contributed by atoms with Crippen LogP contribution in [0.5, 0.6) is 0 Å². The van der Waals surface area contributed by atoms with Gasteiger partial charge >= 0.3 is 0 Å². The largest absolute Gasteiger partial charge is 0.467 e. The smallest absolute Gasteiger partial charge is 0.244 e. The summed E-state index contributed by atoms with van der Waals surface area (Å²) in [5.41, 5.74) is 4.68. The molecule has 2 heterocycles. The van der Waals surface area contributed by atoms with Gasteiger partial charge in [0.05, 0.1) is 30.1 Å². The van der Waals surface area contributed by atoms with E-state index < -0.39 is 5.92 Å². The molecule has 6 heteroatoms. The lowest BCUT2D eigenvalue weighted by atomic mass is 10.1. The van der Waals surface area contributed by atoms with Gasteiger partial charge in [-0.3, -0.25) is 20.0 Å². The topological polar surface area (TPSA) is 65.8 Å². The number of hydrazine groups is 1. The molecule has 4 rings (SSSR count). The Kier molecular flexibility index (Phi) is 5.10. The molecule has 2 aromatic carbocycles. The van der Waals surface area contributed by atoms with Crippen LogP contribution in [0.3, 0.4) is 0 Å². The number of hydrogen-bond acceptors (Lipinski definition) is 4. The van der Waals surface area contributed by atoms with Gasteiger partial charge in [0.25, 0.3) is 0 Å². The summed E-state index contributed by atoms with van der Waals surface area (Å²) < 4.78 is 5.32. The summed E-state index contributed by atoms with van der Waals surface area (Å²) in [7, 11) is 0. The summed E-state index contributed by atoms with van der Waals surface area (Å²) in [6.45, 7) is 0.763. The van der Waals surface area contributed by atoms with Crippen molar-refractivity contribution in [3.8, 4) is 0 Å². The van der Waals surface area contributed by atoms with Crippen LogP contribution in [0.4, 0.5) is 11.4 Å². The van der Waals surface area contributed by atoms with Crippen molar-refractivity contribution in [1.82, 2.24) is 10.3 Å². The SMILES string of the molecule is O=C(NN(c1ccccc1)c1ccccc1)[C@@H]1CC(=O)N(Cc2ccco2)C1. The second-order valence-corrected chi connectivity index (χ2v) is 6.74. The zero-order valence-electron chi connectivity index (χ0n) is 15.3. The number of para-hydroxylation sites is 2. The third kappa shape index (κ3) is 3.91. The van der Waals surface area contributed by atoms with Gasteiger partial charge in [0, 0.05) is 13.0 Å². The Balaban J connectivity index is 1.48. The van der Waals surface area contributed by atoms with Crippen molar-refractivity contribution < 1.29 is 14.0 Å². The van der Waals surface area contributed by atoms with Crippen molar-refractivity contribution in [2.75, 3.05) is 11.6 Å². The highest BCUT2D eigenvalue weighted by Gasteiger charge is 2.35. The molecule has 1 aliphatic rings. The number of carbonyl (C=O) groups excluding carboxylic acids is 2. The molecule has 1 N–H and O–H groups in total. The highest BCUT2D eigenvalue weighted by molar-refractivity contribution is 5.90. The molecule has 28 heavy (non-hydrogen) atoms. The van der Waals surface area contributed by atoms with E-state index in [0.717, 1.165) is 11.4 Å². The normalized spacial score (nSPS) is 16.2. The number of hydrogen-bond donors (Lipinski definition) is 1. The highest BCUT2D eigenvalue weighted by atomic mass is 16.3. The first-order valence-corrected chi connectivity index (χ1v) is 9.21. The van der Waals surface area contributed by atoms with Crippen molar-refractivity contribution in [2.45, 2.75) is 13.0 Å². The minimum atomic E-state index is -0.405. The Bertz CT molecular complexity index is 887. The maximum absolute atomic E-state index is 12.9. The first-order chi connectivity index (χ1) is 13.7. The van der Waals surface area contributed by atoms with Gasteiger partial charge in [-0.2, -0.15) is 0 Å². The van der Waals surface area contributed by atoms with E-state index in [4.69, 9.17) is 4.42 Å². The van der Waals surface area contributed by atoms with E-state index in [-0.39, 0.29) is 18.2 Å². The minimum Gasteiger partial charge on any atom is -0.467 e. The first kappa shape index (κ1) is 17.9. The Hall–Kier alpha value is -3.54. The van der Waals surface area contributed by atoms with Crippen molar-refractivity contribution in [2.24, 2.45) is 5.92 Å². The predicted molar refractivity (Wildman–Crippen MR) is 105 cm³/mol. The van der Waals surface area contributed by atoms with Crippen molar-refractivity contribution in [1.29, 1.82) is 0 Å². The Labute approximate surface area is 163 Å². The van der Waals surface area contributed by atoms with Crippen LogP contribution in [0.25, 0.3) is 0 Å². The molecule has 1 atom stereocenters. The molecule has 1 saturated heterocycles. The molecule has 6 nitrogen and oxygen atoms in total. The molecule has 0 spiro atoms. The number of nitrogens with one attached hydrogen (secondary N) is 1. The van der Waals surface area contributed by atoms with Gasteiger partial charge in [-0.25, -0.2) is 0 Å². The van der Waals surface area contributed by atoms with Gasteiger partial charge in [0.1, 0.15) is 5.76 Å². The molecule has 142 valence electrons. The van der Waals surface area contributed by atoms with E-state index in [1.165, 1.54) is 0 Å². The summed E-state index contributed by atoms with van der Waals surface area (Å²) in [5.74, 6) is 0.0903. The molecule has 0 aliphatic carbocycles. The minimum absolute atomic E-state index is 0.0393. The van der Waals surface area contributed by atoms with Crippen molar-refractivity contribution in [3.05, 3.63) is 84.8 Å². The molecule has 0 bridgehead atoms. The fourth-order valence-electron chi connectivity index (χ4n) is 3.33. The summed E-state index contributed by atoms with van der Waals surface area (Å²) in [5, 5.41) is 1.75. The zero-order chi connectivity index (χ0) is 19.3.